The minimum Gasteiger partial charge on any atom is -0.465 e. The first-order chi connectivity index (χ1) is 17.3. The second kappa shape index (κ2) is 11.0. The summed E-state index contributed by atoms with van der Waals surface area (Å²) in [7, 11) is 0. The second-order valence-electron chi connectivity index (χ2n) is 9.50. The van der Waals surface area contributed by atoms with Gasteiger partial charge in [0, 0.05) is 22.5 Å². The van der Waals surface area contributed by atoms with E-state index in [0.717, 1.165) is 6.42 Å². The van der Waals surface area contributed by atoms with Crippen LogP contribution in [-0.2, 0) is 19.1 Å². The Morgan fingerprint density at radius 1 is 1.33 bits per heavy atom. The summed E-state index contributed by atoms with van der Waals surface area (Å²) in [4.78, 5) is 44.7. The van der Waals surface area contributed by atoms with E-state index in [2.05, 4.69) is 13.2 Å². The first-order valence-corrected chi connectivity index (χ1v) is 13.7. The molecule has 0 aliphatic carbocycles. The Labute approximate surface area is 221 Å². The zero-order valence-corrected chi connectivity index (χ0v) is 22.0. The highest BCUT2D eigenvalue weighted by atomic mass is 35.5. The Hall–Kier alpha value is -2.29. The summed E-state index contributed by atoms with van der Waals surface area (Å²) >= 11 is 7.66. The van der Waals surface area contributed by atoms with Gasteiger partial charge in [0.15, 0.2) is 0 Å². The van der Waals surface area contributed by atoms with E-state index in [1.807, 2.05) is 6.92 Å². The molecular formula is C27H33ClN2O5S. The molecule has 1 N–H and O–H groups in total. The zero-order chi connectivity index (χ0) is 26.0. The van der Waals surface area contributed by atoms with Crippen molar-refractivity contribution >= 4 is 46.8 Å². The van der Waals surface area contributed by atoms with E-state index in [-0.39, 0.29) is 42.8 Å². The van der Waals surface area contributed by atoms with Gasteiger partial charge in [0.1, 0.15) is 6.04 Å². The Morgan fingerprint density at radius 3 is 2.67 bits per heavy atom. The Bertz CT molecular complexity index is 1030. The molecule has 0 saturated carbocycles. The van der Waals surface area contributed by atoms with Gasteiger partial charge >= 0.3 is 5.97 Å². The number of aliphatic hydroxyl groups is 1. The molecule has 2 unspecified atom stereocenters. The summed E-state index contributed by atoms with van der Waals surface area (Å²) in [5.41, 5.74) is 0.645. The van der Waals surface area contributed by atoms with Gasteiger partial charge in [-0.1, -0.05) is 30.7 Å². The molecule has 2 bridgehead atoms. The number of nitrogens with zero attached hydrogens (tertiary/aromatic N) is 2. The van der Waals surface area contributed by atoms with Crippen LogP contribution in [-0.4, -0.2) is 69.6 Å². The molecule has 3 aliphatic heterocycles. The van der Waals surface area contributed by atoms with Gasteiger partial charge in [0.05, 0.1) is 35.8 Å². The lowest BCUT2D eigenvalue weighted by atomic mass is 9.71. The van der Waals surface area contributed by atoms with E-state index >= 15 is 0 Å². The molecule has 1 aromatic carbocycles. The van der Waals surface area contributed by atoms with E-state index in [4.69, 9.17) is 16.3 Å². The highest BCUT2D eigenvalue weighted by Gasteiger charge is 2.74. The van der Waals surface area contributed by atoms with Gasteiger partial charge in [-0.25, -0.2) is 0 Å². The van der Waals surface area contributed by atoms with Crippen LogP contribution in [0.2, 0.25) is 5.02 Å². The molecule has 6 atom stereocenters. The van der Waals surface area contributed by atoms with Crippen LogP contribution in [0.25, 0.3) is 0 Å². The number of halogens is 1. The number of likely N-dealkylation sites (tertiary alicyclic amines) is 1. The number of aliphatic hydroxyl groups excluding tert-OH is 1. The summed E-state index contributed by atoms with van der Waals surface area (Å²) in [6, 6.07) is 5.62. The smallest absolute Gasteiger partial charge is 0.310 e. The Balaban J connectivity index is 1.76. The number of carbonyl (C=O) groups is 3. The number of hydrogen-bond acceptors (Lipinski definition) is 6. The first kappa shape index (κ1) is 26.8. The normalized spacial score (nSPS) is 29.1. The van der Waals surface area contributed by atoms with Crippen LogP contribution < -0.4 is 4.90 Å². The van der Waals surface area contributed by atoms with Gasteiger partial charge in [0.25, 0.3) is 5.91 Å². The lowest BCUT2D eigenvalue weighted by Gasteiger charge is -2.39. The average molecular weight is 533 g/mol. The highest BCUT2D eigenvalue weighted by molar-refractivity contribution is 8.02. The van der Waals surface area contributed by atoms with Gasteiger partial charge in [-0.15, -0.1) is 24.9 Å². The maximum Gasteiger partial charge on any atom is 0.310 e. The minimum absolute atomic E-state index is 0.0785. The topological polar surface area (TPSA) is 87.1 Å². The Morgan fingerprint density at radius 2 is 2.06 bits per heavy atom. The van der Waals surface area contributed by atoms with Crippen molar-refractivity contribution in [2.24, 2.45) is 11.8 Å². The summed E-state index contributed by atoms with van der Waals surface area (Å²) in [5.74, 6) is -2.15. The molecule has 194 valence electrons. The van der Waals surface area contributed by atoms with Crippen LogP contribution in [0.3, 0.4) is 0 Å². The maximum atomic E-state index is 14.4. The third kappa shape index (κ3) is 4.37. The van der Waals surface area contributed by atoms with Crippen molar-refractivity contribution in [1.29, 1.82) is 0 Å². The van der Waals surface area contributed by atoms with Crippen LogP contribution in [0, 0.1) is 11.8 Å². The van der Waals surface area contributed by atoms with Crippen molar-refractivity contribution in [3.63, 3.8) is 0 Å². The van der Waals surface area contributed by atoms with Crippen LogP contribution >= 0.6 is 23.4 Å². The van der Waals surface area contributed by atoms with Crippen molar-refractivity contribution in [2.75, 3.05) is 24.7 Å². The van der Waals surface area contributed by atoms with Crippen molar-refractivity contribution in [2.45, 2.75) is 54.7 Å². The molecule has 3 aliphatic rings. The number of amides is 2. The fraction of sp³-hybridized carbons (Fsp3) is 0.519. The fourth-order valence-corrected chi connectivity index (χ4v) is 8.32. The van der Waals surface area contributed by atoms with Crippen molar-refractivity contribution < 1.29 is 24.2 Å². The number of hydrogen-bond donors (Lipinski definition) is 1. The summed E-state index contributed by atoms with van der Waals surface area (Å²) in [6.07, 6.45) is 5.72. The van der Waals surface area contributed by atoms with E-state index in [1.165, 1.54) is 0 Å². The van der Waals surface area contributed by atoms with Crippen LogP contribution in [0.5, 0.6) is 0 Å². The second-order valence-corrected chi connectivity index (χ2v) is 11.5. The largest absolute Gasteiger partial charge is 0.465 e. The number of carbonyl (C=O) groups excluding carboxylic acids is 3. The van der Waals surface area contributed by atoms with Crippen LogP contribution in [0.1, 0.15) is 32.6 Å². The molecule has 7 nitrogen and oxygen atoms in total. The fourth-order valence-electron chi connectivity index (χ4n) is 6.00. The quantitative estimate of drug-likeness (QED) is 0.265. The number of ether oxygens (including phenoxy) is 1. The SMILES string of the molecule is C=CCCOC(=O)[C@@H]1[C@H]2C(=O)N([C@@H](CC)CO)C(C(=O)N(CC=C)c3ccc(Cl)cc3)C23CC[C@H]1S3. The number of esters is 1. The van der Waals surface area contributed by atoms with Crippen molar-refractivity contribution in [3.8, 4) is 0 Å². The predicted octanol–water partition coefficient (Wildman–Crippen LogP) is 3.84. The maximum absolute atomic E-state index is 14.4. The molecule has 3 fully saturated rings. The summed E-state index contributed by atoms with van der Waals surface area (Å²) < 4.78 is 4.76. The third-order valence-corrected chi connectivity index (χ3v) is 9.81. The molecule has 3 heterocycles. The molecule has 2 amide bonds. The van der Waals surface area contributed by atoms with Gasteiger partial charge in [-0.3, -0.25) is 14.4 Å². The zero-order valence-electron chi connectivity index (χ0n) is 20.5. The van der Waals surface area contributed by atoms with Crippen molar-refractivity contribution in [3.05, 3.63) is 54.6 Å². The third-order valence-electron chi connectivity index (χ3n) is 7.60. The molecular weight excluding hydrogens is 500 g/mol. The molecule has 4 rings (SSSR count). The van der Waals surface area contributed by atoms with Gasteiger partial charge < -0.3 is 19.6 Å². The van der Waals surface area contributed by atoms with Gasteiger partial charge in [-0.05, 0) is 49.9 Å². The number of rotatable bonds is 11. The molecule has 1 spiro atoms. The number of thioether (sulfide) groups is 1. The lowest BCUT2D eigenvalue weighted by Crippen LogP contribution is -2.57. The molecule has 3 saturated heterocycles. The number of anilines is 1. The van der Waals surface area contributed by atoms with Gasteiger partial charge in [0.2, 0.25) is 5.91 Å². The highest BCUT2D eigenvalue weighted by Crippen LogP contribution is 2.67. The van der Waals surface area contributed by atoms with Crippen LogP contribution in [0.15, 0.2) is 49.6 Å². The van der Waals surface area contributed by atoms with E-state index in [0.29, 0.717) is 30.0 Å². The van der Waals surface area contributed by atoms with E-state index in [1.54, 1.807) is 58.0 Å². The molecule has 0 aromatic heterocycles. The predicted molar refractivity (Wildman–Crippen MR) is 142 cm³/mol. The van der Waals surface area contributed by atoms with Gasteiger partial charge in [-0.2, -0.15) is 0 Å². The minimum atomic E-state index is -0.816. The van der Waals surface area contributed by atoms with Crippen molar-refractivity contribution in [1.82, 2.24) is 4.90 Å². The first-order valence-electron chi connectivity index (χ1n) is 12.4. The number of fused-ring (bicyclic) bond motifs is 1. The van der Waals surface area contributed by atoms with E-state index < -0.39 is 28.7 Å². The monoisotopic (exact) mass is 532 g/mol. The average Bonchev–Trinajstić information content (AvgIpc) is 3.52. The summed E-state index contributed by atoms with van der Waals surface area (Å²) in [6.45, 7) is 9.56. The number of benzene rings is 1. The van der Waals surface area contributed by atoms with E-state index in [9.17, 15) is 19.5 Å². The Kier molecular flexibility index (Phi) is 8.17. The summed E-state index contributed by atoms with van der Waals surface area (Å²) in [5, 5.41) is 10.7. The standard InChI is InChI=1S/C27H33ClN2O5S/c1-4-7-15-35-26(34)21-20-12-13-27(36-20)22(21)24(32)30(18(6-3)16-31)23(27)25(33)29(14-5-2)19-10-8-17(28)9-11-19/h4-5,8-11,18,20-23,31H,1-2,6-7,12-16H2,3H3/t18-,20+,21-,22-,23?,27?/m0/s1. The molecule has 0 radical (unpaired) electrons. The molecule has 1 aromatic rings. The molecule has 36 heavy (non-hydrogen) atoms. The van der Waals surface area contributed by atoms with Crippen LogP contribution in [0.4, 0.5) is 5.69 Å². The molecule has 9 heteroatoms. The lowest BCUT2D eigenvalue weighted by molar-refractivity contribution is -0.154.